The van der Waals surface area contributed by atoms with Crippen molar-refractivity contribution in [3.63, 3.8) is 0 Å². The molecule has 0 spiro atoms. The third-order valence-corrected chi connectivity index (χ3v) is 5.45. The van der Waals surface area contributed by atoms with Gasteiger partial charge in [-0.2, -0.15) is 0 Å². The monoisotopic (exact) mass is 537 g/mol. The van der Waals surface area contributed by atoms with Gasteiger partial charge in [0.15, 0.2) is 23.0 Å². The molecule has 0 radical (unpaired) electrons. The van der Waals surface area contributed by atoms with Gasteiger partial charge in [0.05, 0.1) is 27.1 Å². The quantitative estimate of drug-likeness (QED) is 0.0993. The molecule has 0 aliphatic heterocycles. The highest BCUT2D eigenvalue weighted by molar-refractivity contribution is 5.89. The lowest BCUT2D eigenvalue weighted by molar-refractivity contribution is -0.151. The molecule has 0 saturated carbocycles. The van der Waals surface area contributed by atoms with Crippen molar-refractivity contribution in [2.24, 2.45) is 0 Å². The molecular weight excluding hydrogens is 502 g/mol. The summed E-state index contributed by atoms with van der Waals surface area (Å²) in [6, 6.07) is 11.7. The fourth-order valence-electron chi connectivity index (χ4n) is 3.63. The van der Waals surface area contributed by atoms with Crippen LogP contribution in [0, 0.1) is 5.41 Å². The minimum absolute atomic E-state index is 0.189. The van der Waals surface area contributed by atoms with Crippen LogP contribution in [0.15, 0.2) is 66.8 Å². The summed E-state index contributed by atoms with van der Waals surface area (Å²) in [4.78, 5) is 38.6. The molecule has 1 N–H and O–H groups in total. The first-order chi connectivity index (χ1) is 18.8. The molecule has 0 saturated heterocycles. The topological polar surface area (TPSA) is 121 Å². The van der Waals surface area contributed by atoms with Gasteiger partial charge in [0, 0.05) is 12.0 Å². The number of methoxy groups -OCH3 is 2. The minimum atomic E-state index is -1.17. The first-order valence-electron chi connectivity index (χ1n) is 12.6. The molecule has 0 aliphatic rings. The van der Waals surface area contributed by atoms with Crippen molar-refractivity contribution in [1.82, 2.24) is 0 Å². The Bertz CT molecular complexity index is 1190. The first kappa shape index (κ1) is 30.8. The number of esters is 3. The lowest BCUT2D eigenvalue weighted by atomic mass is 10.1. The Labute approximate surface area is 228 Å². The van der Waals surface area contributed by atoms with E-state index in [0.29, 0.717) is 36.3 Å². The molecule has 2 aromatic rings. The molecule has 0 amide bonds. The van der Waals surface area contributed by atoms with Crippen molar-refractivity contribution in [3.05, 3.63) is 72.3 Å². The summed E-state index contributed by atoms with van der Waals surface area (Å²) in [5.41, 5.74) is 1.28. The van der Waals surface area contributed by atoms with Crippen LogP contribution < -0.4 is 18.9 Å². The van der Waals surface area contributed by atoms with Crippen molar-refractivity contribution < 1.29 is 38.1 Å². The molecular formula is C30H35NO8. The van der Waals surface area contributed by atoms with E-state index in [1.54, 1.807) is 54.6 Å². The van der Waals surface area contributed by atoms with Crippen LogP contribution in [-0.2, 0) is 25.5 Å². The van der Waals surface area contributed by atoms with Crippen LogP contribution in [0.25, 0.3) is 0 Å². The van der Waals surface area contributed by atoms with Gasteiger partial charge in [0.25, 0.3) is 0 Å². The van der Waals surface area contributed by atoms with E-state index in [1.165, 1.54) is 14.2 Å². The first-order valence-corrected chi connectivity index (χ1v) is 12.6. The third kappa shape index (κ3) is 10.1. The Balaban J connectivity index is 2.22. The van der Waals surface area contributed by atoms with Crippen LogP contribution in [-0.4, -0.2) is 44.4 Å². The molecule has 0 heterocycles. The normalized spacial score (nSPS) is 11.6. The van der Waals surface area contributed by atoms with Crippen molar-refractivity contribution >= 4 is 24.1 Å². The molecule has 9 nitrogen and oxygen atoms in total. The van der Waals surface area contributed by atoms with E-state index in [-0.39, 0.29) is 17.9 Å². The Morgan fingerprint density at radius 2 is 1.54 bits per heavy atom. The van der Waals surface area contributed by atoms with E-state index in [2.05, 4.69) is 6.58 Å². The molecule has 2 rings (SSSR count). The van der Waals surface area contributed by atoms with Gasteiger partial charge in [-0.3, -0.25) is 9.59 Å². The number of carbonyl (C=O) groups excluding carboxylic acids is 3. The zero-order chi connectivity index (χ0) is 28.6. The second kappa shape index (κ2) is 16.4. The highest BCUT2D eigenvalue weighted by Gasteiger charge is 2.26. The van der Waals surface area contributed by atoms with E-state index >= 15 is 0 Å². The van der Waals surface area contributed by atoms with Crippen LogP contribution >= 0.6 is 0 Å². The second-order valence-corrected chi connectivity index (χ2v) is 8.43. The molecule has 0 aliphatic carbocycles. The summed E-state index contributed by atoms with van der Waals surface area (Å²) in [5, 5.41) is 7.24. The van der Waals surface area contributed by atoms with Crippen molar-refractivity contribution in [3.8, 4) is 23.0 Å². The standard InChI is InChI=1S/C30H35NO8/c1-5-10-21-15-16-26(27(18-21)36-4)39-29(33)20-23(37-30(34)22(11-6-2)12-9-17-31)19-28(32)38-25-14-8-7-13-24(25)35-3/h5,7-8,12-18,23,31H,1,6,9-11,19-20H2,2-4H3/b22-12+,31-17?. The number of allylic oxidation sites excluding steroid dienone is 2. The van der Waals surface area contributed by atoms with Gasteiger partial charge in [-0.15, -0.1) is 6.58 Å². The van der Waals surface area contributed by atoms with Crippen LogP contribution in [0.3, 0.4) is 0 Å². The Morgan fingerprint density at radius 3 is 2.10 bits per heavy atom. The number of hydrogen-bond donors (Lipinski definition) is 1. The lowest BCUT2D eigenvalue weighted by Crippen LogP contribution is -2.28. The number of benzene rings is 2. The predicted molar refractivity (Wildman–Crippen MR) is 147 cm³/mol. The molecule has 0 fully saturated rings. The lowest BCUT2D eigenvalue weighted by Gasteiger charge is -2.19. The number of carbonyl (C=O) groups is 3. The van der Waals surface area contributed by atoms with E-state index in [1.807, 2.05) is 6.92 Å². The molecule has 39 heavy (non-hydrogen) atoms. The number of hydrogen-bond acceptors (Lipinski definition) is 9. The van der Waals surface area contributed by atoms with E-state index in [9.17, 15) is 14.4 Å². The van der Waals surface area contributed by atoms with E-state index in [0.717, 1.165) is 11.8 Å². The van der Waals surface area contributed by atoms with Gasteiger partial charge in [0.2, 0.25) is 0 Å². The summed E-state index contributed by atoms with van der Waals surface area (Å²) in [6.45, 7) is 5.61. The molecule has 1 unspecified atom stereocenters. The maximum absolute atomic E-state index is 12.9. The van der Waals surface area contributed by atoms with Crippen molar-refractivity contribution in [2.75, 3.05) is 14.2 Å². The molecule has 1 atom stereocenters. The summed E-state index contributed by atoms with van der Waals surface area (Å²) in [5.74, 6) is -1.04. The van der Waals surface area contributed by atoms with Crippen LogP contribution in [0.2, 0.25) is 0 Å². The molecule has 0 bridgehead atoms. The SMILES string of the molecule is C=CCc1ccc(OC(=O)CC(CC(=O)Oc2ccccc2OC)OC(=O)/C(=C/CC=N)CCC)c(OC)c1. The van der Waals surface area contributed by atoms with Gasteiger partial charge in [-0.25, -0.2) is 4.79 Å². The van der Waals surface area contributed by atoms with Crippen LogP contribution in [0.4, 0.5) is 0 Å². The average molecular weight is 538 g/mol. The minimum Gasteiger partial charge on any atom is -0.493 e. The Kier molecular flexibility index (Phi) is 13.0. The fraction of sp³-hybridized carbons (Fsp3) is 0.333. The summed E-state index contributed by atoms with van der Waals surface area (Å²) in [7, 11) is 2.90. The summed E-state index contributed by atoms with van der Waals surface area (Å²) in [6.07, 6.45) is 4.48. The number of ether oxygens (including phenoxy) is 5. The van der Waals surface area contributed by atoms with Gasteiger partial charge < -0.3 is 29.1 Å². The number of nitrogens with one attached hydrogen (secondary N) is 1. The summed E-state index contributed by atoms with van der Waals surface area (Å²) < 4.78 is 27.0. The highest BCUT2D eigenvalue weighted by atomic mass is 16.6. The molecule has 9 heteroatoms. The van der Waals surface area contributed by atoms with E-state index < -0.39 is 36.9 Å². The fourth-order valence-corrected chi connectivity index (χ4v) is 3.63. The zero-order valence-corrected chi connectivity index (χ0v) is 22.6. The van der Waals surface area contributed by atoms with Gasteiger partial charge in [0.1, 0.15) is 6.10 Å². The maximum Gasteiger partial charge on any atom is 0.333 e. The highest BCUT2D eigenvalue weighted by Crippen LogP contribution is 2.30. The number of para-hydroxylation sites is 2. The van der Waals surface area contributed by atoms with Gasteiger partial charge in [-0.05, 0) is 48.9 Å². The van der Waals surface area contributed by atoms with Crippen molar-refractivity contribution in [2.45, 2.75) is 51.6 Å². The van der Waals surface area contributed by atoms with Gasteiger partial charge >= 0.3 is 17.9 Å². The van der Waals surface area contributed by atoms with Gasteiger partial charge in [-0.1, -0.05) is 43.7 Å². The summed E-state index contributed by atoms with van der Waals surface area (Å²) >= 11 is 0. The zero-order valence-electron chi connectivity index (χ0n) is 22.6. The Hall–Kier alpha value is -4.40. The number of rotatable bonds is 16. The van der Waals surface area contributed by atoms with Crippen molar-refractivity contribution in [1.29, 1.82) is 5.41 Å². The maximum atomic E-state index is 12.9. The molecule has 2 aromatic carbocycles. The average Bonchev–Trinajstić information content (AvgIpc) is 2.92. The smallest absolute Gasteiger partial charge is 0.333 e. The Morgan fingerprint density at radius 1 is 0.923 bits per heavy atom. The third-order valence-electron chi connectivity index (χ3n) is 5.45. The van der Waals surface area contributed by atoms with E-state index in [4.69, 9.17) is 29.1 Å². The largest absolute Gasteiger partial charge is 0.493 e. The van der Waals surface area contributed by atoms with Crippen LogP contribution in [0.5, 0.6) is 23.0 Å². The molecule has 208 valence electrons. The van der Waals surface area contributed by atoms with Crippen LogP contribution in [0.1, 0.15) is 44.6 Å². The molecule has 0 aromatic heterocycles. The predicted octanol–water partition coefficient (Wildman–Crippen LogP) is 5.40. The second-order valence-electron chi connectivity index (χ2n) is 8.43.